The fourth-order valence-electron chi connectivity index (χ4n) is 1.27. The van der Waals surface area contributed by atoms with Crippen molar-refractivity contribution in [2.24, 2.45) is 5.14 Å². The number of aromatic nitrogens is 2. The Balaban J connectivity index is 2.34. The van der Waals surface area contributed by atoms with Gasteiger partial charge >= 0.3 is 0 Å². The van der Waals surface area contributed by atoms with Crippen molar-refractivity contribution >= 4 is 11.9 Å². The van der Waals surface area contributed by atoms with Crippen molar-refractivity contribution in [1.82, 2.24) is 9.78 Å². The molecule has 2 N–H and O–H groups in total. The zero-order valence-corrected chi connectivity index (χ0v) is 7.67. The number of fused-ring (bicyclic) bond motifs is 1. The van der Waals surface area contributed by atoms with E-state index in [4.69, 9.17) is 9.88 Å². The summed E-state index contributed by atoms with van der Waals surface area (Å²) < 4.78 is 7.45. The minimum Gasteiger partial charge on any atom is -0.474 e. The number of rotatable bonds is 1. The van der Waals surface area contributed by atoms with Gasteiger partial charge in [0.1, 0.15) is 4.90 Å². The maximum absolute atomic E-state index is 5.59. The molecule has 4 nitrogen and oxygen atoms in total. The molecule has 1 aliphatic rings. The third-order valence-electron chi connectivity index (χ3n) is 1.95. The maximum Gasteiger partial charge on any atom is 0.227 e. The summed E-state index contributed by atoms with van der Waals surface area (Å²) in [5.74, 6) is 0.821. The second-order valence-electron chi connectivity index (χ2n) is 2.87. The van der Waals surface area contributed by atoms with Crippen LogP contribution in [-0.4, -0.2) is 15.9 Å². The molecule has 1 unspecified atom stereocenters. The molecule has 0 amide bonds. The van der Waals surface area contributed by atoms with Crippen LogP contribution < -0.4 is 9.88 Å². The number of hydrogen-bond acceptors (Lipinski definition) is 4. The fourth-order valence-corrected chi connectivity index (χ4v) is 1.63. The highest BCUT2D eigenvalue weighted by Gasteiger charge is 2.19. The first-order valence-corrected chi connectivity index (χ1v) is 4.78. The van der Waals surface area contributed by atoms with Crippen LogP contribution in [0.3, 0.4) is 0 Å². The van der Waals surface area contributed by atoms with Crippen LogP contribution in [0, 0.1) is 0 Å². The third-order valence-corrected chi connectivity index (χ3v) is 2.48. The van der Waals surface area contributed by atoms with E-state index in [0.717, 1.165) is 23.7 Å². The van der Waals surface area contributed by atoms with Gasteiger partial charge in [-0.05, 0) is 18.9 Å². The Labute approximate surface area is 75.2 Å². The monoisotopic (exact) mass is 185 g/mol. The van der Waals surface area contributed by atoms with E-state index in [1.807, 2.05) is 4.68 Å². The first-order valence-electron chi connectivity index (χ1n) is 3.90. The second kappa shape index (κ2) is 2.99. The minimum absolute atomic E-state index is 0.278. The number of nitrogens with zero attached hydrogens (tertiary/aromatic N) is 2. The molecular weight excluding hydrogens is 174 g/mol. The van der Waals surface area contributed by atoms with E-state index in [-0.39, 0.29) is 6.10 Å². The lowest BCUT2D eigenvalue weighted by Gasteiger charge is -2.21. The van der Waals surface area contributed by atoms with Crippen LogP contribution in [0.4, 0.5) is 0 Å². The maximum atomic E-state index is 5.59. The summed E-state index contributed by atoms with van der Waals surface area (Å²) in [5.41, 5.74) is 0. The van der Waals surface area contributed by atoms with Crippen LogP contribution in [0.1, 0.15) is 13.3 Å². The molecule has 0 bridgehead atoms. The van der Waals surface area contributed by atoms with Gasteiger partial charge in [-0.25, -0.2) is 4.68 Å². The molecule has 0 spiro atoms. The Morgan fingerprint density at radius 3 is 3.42 bits per heavy atom. The molecule has 0 aliphatic carbocycles. The minimum atomic E-state index is 0.278. The van der Waals surface area contributed by atoms with Crippen LogP contribution in [0.2, 0.25) is 0 Å². The highest BCUT2D eigenvalue weighted by molar-refractivity contribution is 7.97. The summed E-state index contributed by atoms with van der Waals surface area (Å²) in [6, 6.07) is 0. The summed E-state index contributed by atoms with van der Waals surface area (Å²) in [7, 11) is 0. The van der Waals surface area contributed by atoms with Crippen molar-refractivity contribution in [1.29, 1.82) is 0 Å². The standard InChI is InChI=1S/C7H11N3OS/c1-5-2-3-10-7(11-5)6(12-8)4-9-10/h4-5H,2-3,8H2,1H3. The van der Waals surface area contributed by atoms with E-state index in [9.17, 15) is 0 Å². The van der Waals surface area contributed by atoms with Crippen LogP contribution >= 0.6 is 11.9 Å². The SMILES string of the molecule is CC1CCn2ncc(SN)c2O1. The van der Waals surface area contributed by atoms with Gasteiger partial charge in [0.15, 0.2) is 0 Å². The lowest BCUT2D eigenvalue weighted by molar-refractivity contribution is 0.144. The van der Waals surface area contributed by atoms with E-state index in [1.165, 1.54) is 11.9 Å². The van der Waals surface area contributed by atoms with Crippen molar-refractivity contribution in [2.45, 2.75) is 30.9 Å². The van der Waals surface area contributed by atoms with E-state index in [0.29, 0.717) is 0 Å². The number of aryl methyl sites for hydroxylation is 1. The smallest absolute Gasteiger partial charge is 0.227 e. The van der Waals surface area contributed by atoms with Gasteiger partial charge in [-0.2, -0.15) is 5.10 Å². The predicted molar refractivity (Wildman–Crippen MR) is 47.0 cm³/mol. The predicted octanol–water partition coefficient (Wildman–Crippen LogP) is 1.02. The number of ether oxygens (including phenoxy) is 1. The van der Waals surface area contributed by atoms with Gasteiger partial charge in [0, 0.05) is 13.0 Å². The summed E-state index contributed by atoms with van der Waals surface area (Å²) in [6.07, 6.45) is 3.04. The number of hydrogen-bond donors (Lipinski definition) is 1. The summed E-state index contributed by atoms with van der Waals surface area (Å²) in [6.45, 7) is 2.98. The quantitative estimate of drug-likeness (QED) is 0.664. The molecule has 0 radical (unpaired) electrons. The highest BCUT2D eigenvalue weighted by atomic mass is 32.2. The summed E-state index contributed by atoms with van der Waals surface area (Å²) >= 11 is 1.18. The molecule has 0 saturated carbocycles. The zero-order valence-electron chi connectivity index (χ0n) is 6.86. The van der Waals surface area contributed by atoms with Gasteiger partial charge < -0.3 is 4.74 Å². The Morgan fingerprint density at radius 1 is 1.83 bits per heavy atom. The Kier molecular flexibility index (Phi) is 1.98. The van der Waals surface area contributed by atoms with Crippen molar-refractivity contribution in [2.75, 3.05) is 0 Å². The topological polar surface area (TPSA) is 53.1 Å². The van der Waals surface area contributed by atoms with E-state index in [1.54, 1.807) is 6.20 Å². The Bertz CT molecular complexity index is 273. The first kappa shape index (κ1) is 7.94. The average molecular weight is 185 g/mol. The van der Waals surface area contributed by atoms with Gasteiger partial charge in [0.2, 0.25) is 5.88 Å². The van der Waals surface area contributed by atoms with Crippen molar-refractivity contribution < 1.29 is 4.74 Å². The van der Waals surface area contributed by atoms with Crippen molar-refractivity contribution in [3.05, 3.63) is 6.20 Å². The van der Waals surface area contributed by atoms with E-state index in [2.05, 4.69) is 12.0 Å². The van der Waals surface area contributed by atoms with Gasteiger partial charge in [-0.15, -0.1) is 0 Å². The molecule has 1 aromatic rings. The molecule has 0 aromatic carbocycles. The van der Waals surface area contributed by atoms with Gasteiger partial charge in [-0.3, -0.25) is 5.14 Å². The molecule has 0 saturated heterocycles. The zero-order chi connectivity index (χ0) is 8.55. The van der Waals surface area contributed by atoms with E-state index >= 15 is 0 Å². The molecule has 12 heavy (non-hydrogen) atoms. The van der Waals surface area contributed by atoms with Crippen LogP contribution in [0.5, 0.6) is 5.88 Å². The molecule has 66 valence electrons. The summed E-state index contributed by atoms with van der Waals surface area (Å²) in [5, 5.41) is 9.60. The molecule has 1 aromatic heterocycles. The van der Waals surface area contributed by atoms with Crippen molar-refractivity contribution in [3.63, 3.8) is 0 Å². The molecule has 0 fully saturated rings. The molecule has 5 heteroatoms. The molecular formula is C7H11N3OS. The van der Waals surface area contributed by atoms with Gasteiger partial charge in [0.05, 0.1) is 12.3 Å². The molecule has 1 atom stereocenters. The Morgan fingerprint density at radius 2 is 2.67 bits per heavy atom. The second-order valence-corrected chi connectivity index (χ2v) is 3.55. The first-order chi connectivity index (χ1) is 5.81. The van der Waals surface area contributed by atoms with Gasteiger partial charge in [-0.1, -0.05) is 0 Å². The lowest BCUT2D eigenvalue weighted by Crippen LogP contribution is -2.23. The number of nitrogens with two attached hydrogens (primary N) is 1. The van der Waals surface area contributed by atoms with E-state index < -0.39 is 0 Å². The molecule has 2 rings (SSSR count). The van der Waals surface area contributed by atoms with Crippen LogP contribution in [-0.2, 0) is 6.54 Å². The van der Waals surface area contributed by atoms with Gasteiger partial charge in [0.25, 0.3) is 0 Å². The fraction of sp³-hybridized carbons (Fsp3) is 0.571. The third kappa shape index (κ3) is 1.19. The van der Waals surface area contributed by atoms with Crippen LogP contribution in [0.25, 0.3) is 0 Å². The van der Waals surface area contributed by atoms with Crippen molar-refractivity contribution in [3.8, 4) is 5.88 Å². The average Bonchev–Trinajstić information content (AvgIpc) is 2.46. The molecule has 1 aliphatic heterocycles. The molecule has 2 heterocycles. The summed E-state index contributed by atoms with van der Waals surface area (Å²) in [4.78, 5) is 0.918. The normalized spacial score (nSPS) is 21.7. The largest absolute Gasteiger partial charge is 0.474 e. The Hall–Kier alpha value is -0.680. The van der Waals surface area contributed by atoms with Crippen LogP contribution in [0.15, 0.2) is 11.1 Å². The highest BCUT2D eigenvalue weighted by Crippen LogP contribution is 2.29. The lowest BCUT2D eigenvalue weighted by atomic mass is 10.2.